The summed E-state index contributed by atoms with van der Waals surface area (Å²) in [5, 5.41) is 13.8. The summed E-state index contributed by atoms with van der Waals surface area (Å²) in [7, 11) is 0. The second-order valence-corrected chi connectivity index (χ2v) is 3.54. The van der Waals surface area contributed by atoms with E-state index in [9.17, 15) is 4.79 Å². The molecule has 0 amide bonds. The van der Waals surface area contributed by atoms with Crippen LogP contribution in [0, 0.1) is 0 Å². The highest BCUT2D eigenvalue weighted by Gasteiger charge is 2.16. The molecule has 0 atom stereocenters. The van der Waals surface area contributed by atoms with Crippen molar-refractivity contribution in [1.29, 1.82) is 0 Å². The minimum atomic E-state index is -0.511. The van der Waals surface area contributed by atoms with Crippen LogP contribution in [0.4, 0.5) is 0 Å². The molecular weight excluding hydrogens is 200 g/mol. The Morgan fingerprint density at radius 1 is 1.14 bits per heavy atom. The summed E-state index contributed by atoms with van der Waals surface area (Å²) in [4.78, 5) is 11.6. The Bertz CT molecular complexity index is 378. The van der Waals surface area contributed by atoms with Crippen molar-refractivity contribution in [2.24, 2.45) is 20.7 Å². The van der Waals surface area contributed by atoms with Crippen LogP contribution in [-0.4, -0.2) is 10.6 Å². The lowest BCUT2D eigenvalue weighted by atomic mass is 10.2. The van der Waals surface area contributed by atoms with Crippen LogP contribution in [0.25, 0.3) is 0 Å². The molecule has 2 rings (SSSR count). The highest BCUT2D eigenvalue weighted by molar-refractivity contribution is 8.14. The van der Waals surface area contributed by atoms with Gasteiger partial charge in [-0.05, 0) is 22.2 Å². The lowest BCUT2D eigenvalue weighted by molar-refractivity contribution is 0.108. The Hall–Kier alpha value is -1.56. The molecule has 0 radical (unpaired) electrons. The summed E-state index contributed by atoms with van der Waals surface area (Å²) in [6.07, 6.45) is 0. The lowest BCUT2D eigenvalue weighted by Gasteiger charge is -1.99. The summed E-state index contributed by atoms with van der Waals surface area (Å²) < 4.78 is 0. The van der Waals surface area contributed by atoms with Gasteiger partial charge in [0.2, 0.25) is 10.6 Å². The smallest absolute Gasteiger partial charge is 0.238 e. The van der Waals surface area contributed by atoms with Crippen molar-refractivity contribution in [1.82, 2.24) is 0 Å². The van der Waals surface area contributed by atoms with Gasteiger partial charge in [-0.15, -0.1) is 10.2 Å². The van der Waals surface area contributed by atoms with Crippen LogP contribution < -0.4 is 0 Å². The molecule has 6 heteroatoms. The van der Waals surface area contributed by atoms with E-state index in [4.69, 9.17) is 0 Å². The lowest BCUT2D eigenvalue weighted by Crippen LogP contribution is -1.99. The largest absolute Gasteiger partial charge is 0.281 e. The van der Waals surface area contributed by atoms with Crippen LogP contribution in [0.15, 0.2) is 51.0 Å². The Morgan fingerprint density at radius 3 is 2.43 bits per heavy atom. The van der Waals surface area contributed by atoms with Crippen LogP contribution in [0.3, 0.4) is 0 Å². The first-order chi connectivity index (χ1) is 6.86. The van der Waals surface area contributed by atoms with E-state index < -0.39 is 5.50 Å². The molecule has 0 aromatic heterocycles. The summed E-state index contributed by atoms with van der Waals surface area (Å²) in [6, 6.07) is 8.98. The highest BCUT2D eigenvalue weighted by Crippen LogP contribution is 2.23. The van der Waals surface area contributed by atoms with Crippen LogP contribution in [0.1, 0.15) is 10.4 Å². The van der Waals surface area contributed by atoms with E-state index in [1.54, 1.807) is 12.1 Å². The summed E-state index contributed by atoms with van der Waals surface area (Å²) >= 11 is 1.00. The third-order valence-electron chi connectivity index (χ3n) is 1.56. The van der Waals surface area contributed by atoms with Crippen molar-refractivity contribution < 1.29 is 4.79 Å². The van der Waals surface area contributed by atoms with Crippen molar-refractivity contribution in [3.8, 4) is 0 Å². The monoisotopic (exact) mass is 206 g/mol. The van der Waals surface area contributed by atoms with E-state index in [1.807, 2.05) is 18.2 Å². The van der Waals surface area contributed by atoms with Gasteiger partial charge in [0.1, 0.15) is 0 Å². The van der Waals surface area contributed by atoms with Gasteiger partial charge < -0.3 is 0 Å². The van der Waals surface area contributed by atoms with E-state index in [2.05, 4.69) is 20.7 Å². The molecule has 0 saturated heterocycles. The molecule has 0 fully saturated rings. The topological polar surface area (TPSA) is 66.5 Å². The molecule has 0 unspecified atom stereocenters. The third-order valence-corrected chi connectivity index (χ3v) is 2.41. The van der Waals surface area contributed by atoms with E-state index in [0.717, 1.165) is 11.8 Å². The second kappa shape index (κ2) is 4.10. The molecule has 1 aliphatic rings. The van der Waals surface area contributed by atoms with Crippen molar-refractivity contribution in [3.63, 3.8) is 0 Å². The van der Waals surface area contributed by atoms with Gasteiger partial charge in [0.05, 0.1) is 0 Å². The number of hydrogen-bond acceptors (Lipinski definition) is 6. The Labute approximate surface area is 84.3 Å². The van der Waals surface area contributed by atoms with Gasteiger partial charge in [0.15, 0.2) is 0 Å². The minimum absolute atomic E-state index is 0.0737. The molecule has 0 N–H and O–H groups in total. The average Bonchev–Trinajstić information content (AvgIpc) is 2.72. The van der Waals surface area contributed by atoms with Gasteiger partial charge in [-0.3, -0.25) is 4.79 Å². The standard InChI is InChI=1S/C8H6N4OS/c13-7(6-4-2-1-3-5-6)14-8-9-11-12-10-8/h1-5,8H. The molecule has 70 valence electrons. The number of carbonyl (C=O) groups excluding carboxylic acids is 1. The molecular formula is C8H6N4OS. The van der Waals surface area contributed by atoms with E-state index in [1.165, 1.54) is 0 Å². The Kier molecular flexibility index (Phi) is 2.64. The van der Waals surface area contributed by atoms with Crippen molar-refractivity contribution in [2.45, 2.75) is 5.50 Å². The van der Waals surface area contributed by atoms with Gasteiger partial charge in [0.25, 0.3) is 0 Å². The number of rotatable bonds is 2. The van der Waals surface area contributed by atoms with Gasteiger partial charge in [-0.25, -0.2) is 0 Å². The fourth-order valence-corrected chi connectivity index (χ4v) is 1.59. The summed E-state index contributed by atoms with van der Waals surface area (Å²) in [6.45, 7) is 0. The maximum absolute atomic E-state index is 11.6. The molecule has 1 aromatic rings. The van der Waals surface area contributed by atoms with Crippen molar-refractivity contribution in [3.05, 3.63) is 35.9 Å². The molecule has 5 nitrogen and oxygen atoms in total. The fraction of sp³-hybridized carbons (Fsp3) is 0.125. The third kappa shape index (κ3) is 2.02. The number of nitrogens with zero attached hydrogens (tertiary/aromatic N) is 4. The molecule has 1 heterocycles. The van der Waals surface area contributed by atoms with E-state index in [-0.39, 0.29) is 5.12 Å². The quantitative estimate of drug-likeness (QED) is 0.746. The first-order valence-corrected chi connectivity index (χ1v) is 4.80. The van der Waals surface area contributed by atoms with Crippen LogP contribution in [0.5, 0.6) is 0 Å². The summed E-state index contributed by atoms with van der Waals surface area (Å²) in [5.74, 6) is 0. The molecule has 1 aromatic carbocycles. The number of carbonyl (C=O) groups is 1. The molecule has 14 heavy (non-hydrogen) atoms. The predicted octanol–water partition coefficient (Wildman–Crippen LogP) is 2.68. The molecule has 0 saturated carbocycles. The molecule has 0 aliphatic carbocycles. The van der Waals surface area contributed by atoms with Crippen molar-refractivity contribution in [2.75, 3.05) is 0 Å². The first kappa shape index (κ1) is 9.01. The minimum Gasteiger partial charge on any atom is -0.281 e. The Balaban J connectivity index is 2.03. The van der Waals surface area contributed by atoms with Gasteiger partial charge in [-0.1, -0.05) is 30.3 Å². The van der Waals surface area contributed by atoms with Gasteiger partial charge >= 0.3 is 0 Å². The SMILES string of the molecule is O=C(SC1N=NN=N1)c1ccccc1. The number of hydrogen-bond donors (Lipinski definition) is 0. The zero-order chi connectivity index (χ0) is 9.80. The maximum atomic E-state index is 11.6. The zero-order valence-corrected chi connectivity index (χ0v) is 7.89. The molecule has 0 bridgehead atoms. The number of thioether (sulfide) groups is 1. The first-order valence-electron chi connectivity index (χ1n) is 3.92. The fourth-order valence-electron chi connectivity index (χ4n) is 0.943. The Morgan fingerprint density at radius 2 is 1.79 bits per heavy atom. The van der Waals surface area contributed by atoms with Crippen LogP contribution in [0.2, 0.25) is 0 Å². The normalized spacial score (nSPS) is 14.9. The van der Waals surface area contributed by atoms with Crippen LogP contribution in [-0.2, 0) is 0 Å². The molecule has 1 aliphatic heterocycles. The number of benzene rings is 1. The van der Waals surface area contributed by atoms with Gasteiger partial charge in [0, 0.05) is 5.56 Å². The zero-order valence-electron chi connectivity index (χ0n) is 7.07. The summed E-state index contributed by atoms with van der Waals surface area (Å²) in [5.41, 5.74) is 0.123. The predicted molar refractivity (Wildman–Crippen MR) is 51.9 cm³/mol. The molecule has 0 spiro atoms. The maximum Gasteiger partial charge on any atom is 0.238 e. The van der Waals surface area contributed by atoms with E-state index >= 15 is 0 Å². The second-order valence-electron chi connectivity index (χ2n) is 2.51. The highest BCUT2D eigenvalue weighted by atomic mass is 32.2. The van der Waals surface area contributed by atoms with E-state index in [0.29, 0.717) is 5.56 Å². The average molecular weight is 206 g/mol. The van der Waals surface area contributed by atoms with Crippen molar-refractivity contribution >= 4 is 16.9 Å². The van der Waals surface area contributed by atoms with Gasteiger partial charge in [-0.2, -0.15) is 0 Å². The van der Waals surface area contributed by atoms with Crippen LogP contribution >= 0.6 is 11.8 Å².